The van der Waals surface area contributed by atoms with Crippen molar-refractivity contribution >= 4 is 77.9 Å². The molecule has 0 bridgehead atoms. The molecule has 10 rings (SSSR count). The van der Waals surface area contributed by atoms with E-state index in [1.54, 1.807) is 61.7 Å². The van der Waals surface area contributed by atoms with Gasteiger partial charge in [-0.15, -0.1) is 0 Å². The van der Waals surface area contributed by atoms with Crippen molar-refractivity contribution in [1.29, 1.82) is 0 Å². The van der Waals surface area contributed by atoms with E-state index < -0.39 is 9.84 Å². The number of nitrogens with zero attached hydrogens (tertiary/aromatic N) is 4. The number of hydrogen-bond acceptors (Lipinski definition) is 13. The Morgan fingerprint density at radius 3 is 1.59 bits per heavy atom. The highest BCUT2D eigenvalue weighted by atomic mass is 35.5. The van der Waals surface area contributed by atoms with Crippen LogP contribution in [0.15, 0.2) is 167 Å². The van der Waals surface area contributed by atoms with Crippen molar-refractivity contribution in [2.75, 3.05) is 29.8 Å². The molecule has 4 aromatic heterocycles. The van der Waals surface area contributed by atoms with Gasteiger partial charge in [-0.3, -0.25) is 0 Å². The number of aromatic nitrogens is 4. The second-order valence-electron chi connectivity index (χ2n) is 17.0. The van der Waals surface area contributed by atoms with Crippen LogP contribution in [0, 0.1) is 11.6 Å². The van der Waals surface area contributed by atoms with Crippen molar-refractivity contribution in [3.8, 4) is 40.1 Å². The third-order valence-electron chi connectivity index (χ3n) is 11.4. The SMILES string of the molecule is COc1ccc(-c2ccc3ncnc(Nc4ccc(OCc5cccc(F)c5)c(Cl)c4)c3c2)o1.CS(=O)(=O)CCCCc1ccc(-c2ccc3ncnc(Nc4ccc(OCc5cccc(F)c5)c(Cl)c4)c3c2)o1. The quantitative estimate of drug-likeness (QED) is 0.0781. The minimum atomic E-state index is -2.96. The van der Waals surface area contributed by atoms with Crippen LogP contribution in [0.5, 0.6) is 17.4 Å². The highest BCUT2D eigenvalue weighted by Crippen LogP contribution is 2.36. The fraction of sp³-hybridized carbons (Fsp3) is 0.143. The summed E-state index contributed by atoms with van der Waals surface area (Å²) in [4.78, 5) is 17.6. The second kappa shape index (κ2) is 23.2. The van der Waals surface area contributed by atoms with E-state index in [9.17, 15) is 17.2 Å². The molecule has 13 nitrogen and oxygen atoms in total. The molecule has 0 aliphatic carbocycles. The van der Waals surface area contributed by atoms with E-state index >= 15 is 0 Å². The Hall–Kier alpha value is -8.05. The first kappa shape index (κ1) is 50.9. The number of benzene rings is 6. The lowest BCUT2D eigenvalue weighted by Gasteiger charge is -2.12. The molecule has 10 aromatic rings. The molecule has 0 aliphatic heterocycles. The maximum atomic E-state index is 13.4. The largest absolute Gasteiger partial charge is 0.487 e. The van der Waals surface area contributed by atoms with Crippen LogP contribution in [0.4, 0.5) is 31.8 Å². The summed E-state index contributed by atoms with van der Waals surface area (Å²) >= 11 is 12.9. The van der Waals surface area contributed by atoms with Gasteiger partial charge in [-0.05, 0) is 139 Å². The topological polar surface area (TPSA) is 164 Å². The van der Waals surface area contributed by atoms with Gasteiger partial charge in [0, 0.05) is 57.8 Å². The molecular weight excluding hydrogens is 1010 g/mol. The molecule has 0 aliphatic rings. The summed E-state index contributed by atoms with van der Waals surface area (Å²) in [5.74, 6) is 4.38. The first-order valence-corrected chi connectivity index (χ1v) is 25.9. The Morgan fingerprint density at radius 1 is 0.581 bits per heavy atom. The van der Waals surface area contributed by atoms with Crippen LogP contribution >= 0.6 is 23.2 Å². The zero-order chi connectivity index (χ0) is 51.6. The van der Waals surface area contributed by atoms with Crippen molar-refractivity contribution in [3.63, 3.8) is 0 Å². The normalized spacial score (nSPS) is 11.3. The van der Waals surface area contributed by atoms with Gasteiger partial charge in [0.15, 0.2) is 0 Å². The van der Waals surface area contributed by atoms with Crippen molar-refractivity contribution in [2.24, 2.45) is 0 Å². The fourth-order valence-electron chi connectivity index (χ4n) is 7.78. The monoisotopic (exact) mass is 1050 g/mol. The van der Waals surface area contributed by atoms with E-state index in [1.807, 2.05) is 66.7 Å². The Kier molecular flexibility index (Phi) is 16.0. The van der Waals surface area contributed by atoms with Crippen molar-refractivity contribution in [2.45, 2.75) is 32.5 Å². The summed E-state index contributed by atoms with van der Waals surface area (Å²) < 4.78 is 77.9. The van der Waals surface area contributed by atoms with Crippen molar-refractivity contribution < 1.29 is 40.2 Å². The van der Waals surface area contributed by atoms with Crippen LogP contribution in [0.1, 0.15) is 29.7 Å². The lowest BCUT2D eigenvalue weighted by atomic mass is 10.1. The van der Waals surface area contributed by atoms with Gasteiger partial charge < -0.3 is 33.7 Å². The minimum absolute atomic E-state index is 0.177. The van der Waals surface area contributed by atoms with Gasteiger partial charge in [-0.2, -0.15) is 0 Å². The van der Waals surface area contributed by atoms with Crippen LogP contribution in [0.3, 0.4) is 0 Å². The lowest BCUT2D eigenvalue weighted by molar-refractivity contribution is 0.306. The van der Waals surface area contributed by atoms with Gasteiger partial charge >= 0.3 is 0 Å². The molecule has 0 radical (unpaired) electrons. The van der Waals surface area contributed by atoms with E-state index in [1.165, 1.54) is 43.2 Å². The molecule has 0 unspecified atom stereocenters. The van der Waals surface area contributed by atoms with Crippen LogP contribution in [-0.2, 0) is 29.5 Å². The number of rotatable bonds is 18. The highest BCUT2D eigenvalue weighted by Gasteiger charge is 2.14. The molecule has 4 heterocycles. The number of anilines is 4. The van der Waals surface area contributed by atoms with E-state index in [4.69, 9.17) is 46.2 Å². The molecule has 376 valence electrons. The molecule has 0 spiro atoms. The first-order valence-electron chi connectivity index (χ1n) is 23.1. The Labute approximate surface area is 435 Å². The van der Waals surface area contributed by atoms with Crippen molar-refractivity contribution in [1.82, 2.24) is 19.9 Å². The number of sulfone groups is 1. The zero-order valence-corrected chi connectivity index (χ0v) is 42.1. The number of halogens is 4. The molecule has 18 heteroatoms. The summed E-state index contributed by atoms with van der Waals surface area (Å²) in [6, 6.07) is 42.2. The highest BCUT2D eigenvalue weighted by molar-refractivity contribution is 7.90. The second-order valence-corrected chi connectivity index (χ2v) is 20.0. The van der Waals surface area contributed by atoms with Gasteiger partial charge in [0.2, 0.25) is 0 Å². The third kappa shape index (κ3) is 13.3. The van der Waals surface area contributed by atoms with Crippen LogP contribution in [0.25, 0.3) is 44.5 Å². The number of methoxy groups -OCH3 is 1. The molecule has 0 amide bonds. The number of aryl methyl sites for hydroxylation is 1. The predicted molar refractivity (Wildman–Crippen MR) is 285 cm³/mol. The number of furan rings is 2. The Balaban J connectivity index is 0.000000184. The van der Waals surface area contributed by atoms with Crippen LogP contribution < -0.4 is 24.8 Å². The predicted octanol–water partition coefficient (Wildman–Crippen LogP) is 14.4. The molecule has 0 saturated carbocycles. The van der Waals surface area contributed by atoms with Gasteiger partial charge in [0.25, 0.3) is 5.95 Å². The summed E-state index contributed by atoms with van der Waals surface area (Å²) in [6.45, 7) is 0.403. The Bertz CT molecular complexity index is 3710. The van der Waals surface area contributed by atoms with Gasteiger partial charge in [0.05, 0.1) is 28.2 Å². The van der Waals surface area contributed by atoms with E-state index in [0.29, 0.717) is 74.7 Å². The van der Waals surface area contributed by atoms with Crippen LogP contribution in [-0.4, -0.2) is 47.5 Å². The zero-order valence-electron chi connectivity index (χ0n) is 39.8. The van der Waals surface area contributed by atoms with Gasteiger partial charge in [-0.25, -0.2) is 37.1 Å². The van der Waals surface area contributed by atoms with Gasteiger partial charge in [-0.1, -0.05) is 47.5 Å². The first-order chi connectivity index (χ1) is 35.8. The van der Waals surface area contributed by atoms with E-state index in [0.717, 1.165) is 56.4 Å². The van der Waals surface area contributed by atoms with Crippen molar-refractivity contribution in [3.05, 3.63) is 197 Å². The van der Waals surface area contributed by atoms with Crippen LogP contribution in [0.2, 0.25) is 10.0 Å². The smallest absolute Gasteiger partial charge is 0.284 e. The summed E-state index contributed by atoms with van der Waals surface area (Å²) in [5.41, 5.74) is 6.14. The number of unbranched alkanes of at least 4 members (excludes halogenated alkanes) is 1. The number of ether oxygens (including phenoxy) is 3. The minimum Gasteiger partial charge on any atom is -0.487 e. The average Bonchev–Trinajstić information content (AvgIpc) is 4.08. The molecule has 0 saturated heterocycles. The molecule has 0 fully saturated rings. The summed E-state index contributed by atoms with van der Waals surface area (Å²) in [7, 11) is -1.40. The van der Waals surface area contributed by atoms with E-state index in [2.05, 4.69) is 30.6 Å². The molecule has 6 aromatic carbocycles. The fourth-order valence-corrected chi connectivity index (χ4v) is 8.97. The number of hydrogen-bond donors (Lipinski definition) is 2. The third-order valence-corrected chi connectivity index (χ3v) is 13.0. The molecule has 0 atom stereocenters. The Morgan fingerprint density at radius 2 is 1.11 bits per heavy atom. The van der Waals surface area contributed by atoms with E-state index in [-0.39, 0.29) is 30.6 Å². The maximum Gasteiger partial charge on any atom is 0.284 e. The standard InChI is InChI=1S/C30H27ClFN3O4S.C26H19ClFN3O3/c1-40(36,37)14-3-2-7-24-10-13-28(39-24)21-8-11-27-25(16-21)30(34-19-33-27)35-23-9-12-29(26(31)17-23)38-18-20-5-4-6-22(32)15-20;1-32-25-10-9-23(34-25)17-5-7-22-20(12-17)26(30-15-29-22)31-19-6-8-24(21(27)13-19)33-14-16-3-2-4-18(28)11-16/h4-6,8-13,15-17,19H,2-3,7,14,18H2,1H3,(H,33,34,35);2-13,15H,14H2,1H3,(H,29,30,31). The number of nitrogens with one attached hydrogen (secondary N) is 2. The lowest BCUT2D eigenvalue weighted by Crippen LogP contribution is -2.02. The average molecular weight is 1060 g/mol. The summed E-state index contributed by atoms with van der Waals surface area (Å²) in [6.07, 6.45) is 6.24. The molecule has 2 N–H and O–H groups in total. The summed E-state index contributed by atoms with van der Waals surface area (Å²) in [5, 5.41) is 9.04. The molecule has 74 heavy (non-hydrogen) atoms. The molecular formula is C56H46Cl2F2N6O7S. The maximum absolute atomic E-state index is 13.4. The number of fused-ring (bicyclic) bond motifs is 2. The van der Waals surface area contributed by atoms with Gasteiger partial charge in [0.1, 0.15) is 87.8 Å².